The summed E-state index contributed by atoms with van der Waals surface area (Å²) in [5, 5.41) is 0. The van der Waals surface area contributed by atoms with Crippen molar-refractivity contribution in [3.05, 3.63) is 65.7 Å². The first-order valence-corrected chi connectivity index (χ1v) is 14.1. The molecule has 0 aliphatic rings. The lowest BCUT2D eigenvalue weighted by Crippen LogP contribution is -2.44. The molecule has 0 radical (unpaired) electrons. The minimum Gasteiger partial charge on any atom is -0.491 e. The van der Waals surface area contributed by atoms with E-state index >= 15 is 0 Å². The average molecular weight is 497 g/mol. The summed E-state index contributed by atoms with van der Waals surface area (Å²) in [5.74, 6) is 0.715. The molecule has 0 heterocycles. The van der Waals surface area contributed by atoms with E-state index in [1.54, 1.807) is 0 Å². The van der Waals surface area contributed by atoms with Crippen LogP contribution in [0.5, 0.6) is 5.75 Å². The van der Waals surface area contributed by atoms with Gasteiger partial charge in [0.15, 0.2) is 0 Å². The molecule has 0 saturated heterocycles. The molecule has 200 valence electrons. The second-order valence-corrected chi connectivity index (χ2v) is 10.9. The van der Waals surface area contributed by atoms with Crippen LogP contribution in [0, 0.1) is 5.92 Å². The van der Waals surface area contributed by atoms with E-state index in [0.29, 0.717) is 13.0 Å². The van der Waals surface area contributed by atoms with Crippen molar-refractivity contribution in [3.63, 3.8) is 0 Å². The summed E-state index contributed by atoms with van der Waals surface area (Å²) in [5.41, 5.74) is 2.62. The van der Waals surface area contributed by atoms with E-state index in [9.17, 15) is 4.79 Å². The molecule has 0 spiro atoms. The molecule has 2 aromatic carbocycles. The third-order valence-corrected chi connectivity index (χ3v) is 6.82. The van der Waals surface area contributed by atoms with E-state index in [-0.39, 0.29) is 18.0 Å². The van der Waals surface area contributed by atoms with Gasteiger partial charge in [0, 0.05) is 12.0 Å². The van der Waals surface area contributed by atoms with Crippen molar-refractivity contribution in [1.82, 2.24) is 0 Å². The molecule has 36 heavy (non-hydrogen) atoms. The summed E-state index contributed by atoms with van der Waals surface area (Å²) >= 11 is 0. The molecule has 0 aliphatic carbocycles. The second-order valence-electron chi connectivity index (χ2n) is 10.9. The topological polar surface area (TPSA) is 35.5 Å². The summed E-state index contributed by atoms with van der Waals surface area (Å²) < 4.78 is 12.6. The molecule has 0 saturated carbocycles. The van der Waals surface area contributed by atoms with E-state index in [4.69, 9.17) is 9.47 Å². The Hall–Kier alpha value is -2.33. The van der Waals surface area contributed by atoms with Gasteiger partial charge in [0.25, 0.3) is 0 Å². The highest BCUT2D eigenvalue weighted by Gasteiger charge is 2.28. The van der Waals surface area contributed by atoms with Gasteiger partial charge in [-0.1, -0.05) is 88.4 Å². The molecule has 4 nitrogen and oxygen atoms in total. The largest absolute Gasteiger partial charge is 0.491 e. The Bertz CT molecular complexity index is 865. The number of carbonyl (C=O) groups is 1. The Morgan fingerprint density at radius 3 is 2.31 bits per heavy atom. The SMILES string of the molecule is CCCCCCCCc1cccc(OC(C)CCOC(=O)C(CC)C[N+](C)(C)Cc2ccccc2)c1. The van der Waals surface area contributed by atoms with Crippen LogP contribution in [-0.2, 0) is 22.5 Å². The van der Waals surface area contributed by atoms with Gasteiger partial charge in [-0.2, -0.15) is 0 Å². The fourth-order valence-corrected chi connectivity index (χ4v) is 4.73. The lowest BCUT2D eigenvalue weighted by molar-refractivity contribution is -0.906. The minimum absolute atomic E-state index is 0.00697. The number of carbonyl (C=O) groups excluding carboxylic acids is 1. The van der Waals surface area contributed by atoms with Crippen molar-refractivity contribution in [2.24, 2.45) is 5.92 Å². The van der Waals surface area contributed by atoms with Crippen LogP contribution in [0.15, 0.2) is 54.6 Å². The zero-order valence-corrected chi connectivity index (χ0v) is 23.5. The van der Waals surface area contributed by atoms with Gasteiger partial charge in [-0.25, -0.2) is 0 Å². The van der Waals surface area contributed by atoms with Crippen LogP contribution in [0.3, 0.4) is 0 Å². The molecular weight excluding hydrogens is 446 g/mol. The van der Waals surface area contributed by atoms with Gasteiger partial charge in [0.05, 0.1) is 33.4 Å². The Morgan fingerprint density at radius 1 is 0.889 bits per heavy atom. The maximum Gasteiger partial charge on any atom is 0.314 e. The van der Waals surface area contributed by atoms with E-state index in [1.165, 1.54) is 49.7 Å². The molecule has 2 unspecified atom stereocenters. The number of hydrogen-bond donors (Lipinski definition) is 0. The van der Waals surface area contributed by atoms with Crippen molar-refractivity contribution < 1.29 is 18.8 Å². The average Bonchev–Trinajstić information content (AvgIpc) is 2.85. The number of hydrogen-bond acceptors (Lipinski definition) is 3. The number of rotatable bonds is 18. The van der Waals surface area contributed by atoms with Gasteiger partial charge < -0.3 is 14.0 Å². The van der Waals surface area contributed by atoms with Crippen molar-refractivity contribution >= 4 is 5.97 Å². The second kappa shape index (κ2) is 16.4. The third-order valence-electron chi connectivity index (χ3n) is 6.82. The Balaban J connectivity index is 1.72. The molecule has 0 amide bonds. The number of esters is 1. The van der Waals surface area contributed by atoms with Crippen molar-refractivity contribution in [1.29, 1.82) is 0 Å². The van der Waals surface area contributed by atoms with Gasteiger partial charge in [-0.05, 0) is 43.9 Å². The molecule has 2 aromatic rings. The predicted molar refractivity (Wildman–Crippen MR) is 150 cm³/mol. The summed E-state index contributed by atoms with van der Waals surface area (Å²) in [7, 11) is 4.36. The van der Waals surface area contributed by atoms with Gasteiger partial charge in [0.2, 0.25) is 0 Å². The minimum atomic E-state index is -0.0985. The number of benzene rings is 2. The van der Waals surface area contributed by atoms with Crippen LogP contribution in [0.4, 0.5) is 0 Å². The van der Waals surface area contributed by atoms with Gasteiger partial charge in [0.1, 0.15) is 18.2 Å². The Kier molecular flexibility index (Phi) is 13.6. The maximum atomic E-state index is 12.8. The molecule has 0 bridgehead atoms. The highest BCUT2D eigenvalue weighted by atomic mass is 16.5. The molecule has 0 N–H and O–H groups in total. The number of unbranched alkanes of at least 4 members (excludes halogenated alkanes) is 5. The number of ether oxygens (including phenoxy) is 2. The molecular formula is C32H50NO3+. The molecule has 0 aromatic heterocycles. The first-order valence-electron chi connectivity index (χ1n) is 14.1. The lowest BCUT2D eigenvalue weighted by Gasteiger charge is -2.32. The van der Waals surface area contributed by atoms with Crippen LogP contribution in [0.25, 0.3) is 0 Å². The summed E-state index contributed by atoms with van der Waals surface area (Å²) in [6.07, 6.45) is 10.4. The first kappa shape index (κ1) is 29.9. The normalized spacial score (nSPS) is 13.2. The van der Waals surface area contributed by atoms with E-state index in [1.807, 2.05) is 19.1 Å². The van der Waals surface area contributed by atoms with E-state index in [0.717, 1.165) is 36.2 Å². The standard InChI is InChI=1S/C32H50NO3/c1-6-8-9-10-11-13-17-28-20-16-21-31(24-28)36-27(3)22-23-35-32(34)30(7-2)26-33(4,5)25-29-18-14-12-15-19-29/h12,14-16,18-21,24,27,30H,6-11,13,17,22-23,25-26H2,1-5H3/q+1. The van der Waals surface area contributed by atoms with Crippen LogP contribution in [-0.4, -0.2) is 43.8 Å². The fraction of sp³-hybridized carbons (Fsp3) is 0.594. The number of aryl methyl sites for hydroxylation is 1. The van der Waals surface area contributed by atoms with Crippen molar-refractivity contribution in [2.75, 3.05) is 27.2 Å². The summed E-state index contributed by atoms with van der Waals surface area (Å²) in [6, 6.07) is 18.9. The highest BCUT2D eigenvalue weighted by Crippen LogP contribution is 2.19. The zero-order valence-electron chi connectivity index (χ0n) is 23.5. The Labute approximate surface area is 220 Å². The van der Waals surface area contributed by atoms with Gasteiger partial charge >= 0.3 is 5.97 Å². The molecule has 4 heteroatoms. The van der Waals surface area contributed by atoms with Crippen molar-refractivity contribution in [3.8, 4) is 5.75 Å². The van der Waals surface area contributed by atoms with Crippen molar-refractivity contribution in [2.45, 2.75) is 91.2 Å². The van der Waals surface area contributed by atoms with Crippen LogP contribution < -0.4 is 4.74 Å². The van der Waals surface area contributed by atoms with E-state index in [2.05, 4.69) is 70.4 Å². The van der Waals surface area contributed by atoms with Crippen LogP contribution in [0.1, 0.15) is 83.3 Å². The zero-order chi connectivity index (χ0) is 26.2. The maximum absolute atomic E-state index is 12.8. The quantitative estimate of drug-likeness (QED) is 0.121. The third kappa shape index (κ3) is 12.1. The van der Waals surface area contributed by atoms with Crippen LogP contribution in [0.2, 0.25) is 0 Å². The number of nitrogens with zero attached hydrogens (tertiary/aromatic N) is 1. The predicted octanol–water partition coefficient (Wildman–Crippen LogP) is 7.59. The molecule has 2 atom stereocenters. The van der Waals surface area contributed by atoms with Gasteiger partial charge in [-0.3, -0.25) is 4.79 Å². The molecule has 0 fully saturated rings. The number of quaternary nitrogens is 1. The molecule has 0 aliphatic heterocycles. The molecule has 2 rings (SSSR count). The summed E-state index contributed by atoms with van der Waals surface area (Å²) in [4.78, 5) is 12.8. The first-order chi connectivity index (χ1) is 17.3. The summed E-state index contributed by atoms with van der Waals surface area (Å²) in [6.45, 7) is 8.42. The highest BCUT2D eigenvalue weighted by molar-refractivity contribution is 5.72. The lowest BCUT2D eigenvalue weighted by atomic mass is 10.0. The van der Waals surface area contributed by atoms with Crippen LogP contribution >= 0.6 is 0 Å². The van der Waals surface area contributed by atoms with E-state index < -0.39 is 0 Å². The van der Waals surface area contributed by atoms with Gasteiger partial charge in [-0.15, -0.1) is 0 Å². The smallest absolute Gasteiger partial charge is 0.314 e. The fourth-order valence-electron chi connectivity index (χ4n) is 4.73. The monoisotopic (exact) mass is 496 g/mol. The Morgan fingerprint density at radius 2 is 1.58 bits per heavy atom.